The monoisotopic (exact) mass is 306 g/mol. The number of aliphatic hydroxyl groups is 1. The van der Waals surface area contributed by atoms with Gasteiger partial charge in [-0.25, -0.2) is 9.59 Å². The highest BCUT2D eigenvalue weighted by Crippen LogP contribution is 2.32. The van der Waals surface area contributed by atoms with Crippen molar-refractivity contribution < 1.29 is 19.8 Å². The number of carbonyl (C=O) groups is 2. The van der Waals surface area contributed by atoms with Gasteiger partial charge in [0.15, 0.2) is 6.04 Å². The molecule has 6 nitrogen and oxygen atoms in total. The molecule has 1 rings (SSSR count). The van der Waals surface area contributed by atoms with Gasteiger partial charge in [-0.05, 0) is 18.6 Å². The third kappa shape index (κ3) is 3.99. The van der Waals surface area contributed by atoms with Crippen molar-refractivity contribution in [1.82, 2.24) is 5.32 Å². The fraction of sp³-hybridized carbons (Fsp3) is 0.273. The lowest BCUT2D eigenvalue weighted by molar-refractivity contribution is -0.140. The lowest BCUT2D eigenvalue weighted by Gasteiger charge is -2.15. The van der Waals surface area contributed by atoms with Crippen molar-refractivity contribution in [2.45, 2.75) is 13.0 Å². The van der Waals surface area contributed by atoms with E-state index in [0.29, 0.717) is 5.56 Å². The third-order valence-electron chi connectivity index (χ3n) is 2.31. The number of rotatable bonds is 4. The van der Waals surface area contributed by atoms with E-state index in [1.807, 2.05) is 0 Å². The number of halogens is 2. The van der Waals surface area contributed by atoms with E-state index in [9.17, 15) is 9.59 Å². The number of anilines is 1. The SMILES string of the molecule is Cc1ccc(Cl)c(NC(=O)N[C@H](CO)C(=O)O)c1Cl. The maximum Gasteiger partial charge on any atom is 0.328 e. The molecule has 0 saturated carbocycles. The van der Waals surface area contributed by atoms with Gasteiger partial charge in [0.1, 0.15) is 0 Å². The summed E-state index contributed by atoms with van der Waals surface area (Å²) in [5.41, 5.74) is 0.890. The second-order valence-electron chi connectivity index (χ2n) is 3.73. The van der Waals surface area contributed by atoms with Crippen molar-refractivity contribution in [3.05, 3.63) is 27.7 Å². The van der Waals surface area contributed by atoms with Gasteiger partial charge in [0.05, 0.1) is 22.3 Å². The number of benzene rings is 1. The number of amides is 2. The Bertz CT molecular complexity index is 508. The first-order chi connectivity index (χ1) is 8.86. The van der Waals surface area contributed by atoms with Crippen molar-refractivity contribution in [2.75, 3.05) is 11.9 Å². The van der Waals surface area contributed by atoms with Crippen molar-refractivity contribution in [3.8, 4) is 0 Å². The Morgan fingerprint density at radius 1 is 1.37 bits per heavy atom. The number of aliphatic carboxylic acids is 1. The Balaban J connectivity index is 2.83. The van der Waals surface area contributed by atoms with E-state index in [1.165, 1.54) is 0 Å². The van der Waals surface area contributed by atoms with Gasteiger partial charge in [-0.1, -0.05) is 29.3 Å². The number of hydrogen-bond acceptors (Lipinski definition) is 3. The Morgan fingerprint density at radius 2 is 2.00 bits per heavy atom. The molecule has 4 N–H and O–H groups in total. The normalized spacial score (nSPS) is 11.8. The molecule has 0 spiro atoms. The average molecular weight is 307 g/mol. The summed E-state index contributed by atoms with van der Waals surface area (Å²) in [5, 5.41) is 22.4. The van der Waals surface area contributed by atoms with Crippen molar-refractivity contribution in [3.63, 3.8) is 0 Å². The zero-order valence-corrected chi connectivity index (χ0v) is 11.4. The summed E-state index contributed by atoms with van der Waals surface area (Å²) in [6.07, 6.45) is 0. The summed E-state index contributed by atoms with van der Waals surface area (Å²) in [6.45, 7) is 1.01. The maximum absolute atomic E-state index is 11.6. The van der Waals surface area contributed by atoms with Crippen LogP contribution >= 0.6 is 23.2 Å². The average Bonchev–Trinajstić information content (AvgIpc) is 2.36. The second kappa shape index (κ2) is 6.60. The Labute approximate surface area is 119 Å². The van der Waals surface area contributed by atoms with E-state index in [0.717, 1.165) is 0 Å². The van der Waals surface area contributed by atoms with E-state index in [4.69, 9.17) is 33.4 Å². The lowest BCUT2D eigenvalue weighted by atomic mass is 10.2. The summed E-state index contributed by atoms with van der Waals surface area (Å²) in [6, 6.07) is 1.01. The summed E-state index contributed by atoms with van der Waals surface area (Å²) >= 11 is 11.9. The molecule has 0 saturated heterocycles. The molecular formula is C11H12Cl2N2O4. The molecule has 0 heterocycles. The molecule has 0 fully saturated rings. The van der Waals surface area contributed by atoms with Crippen LogP contribution < -0.4 is 10.6 Å². The molecule has 8 heteroatoms. The molecule has 19 heavy (non-hydrogen) atoms. The van der Waals surface area contributed by atoms with Crippen LogP contribution in [0.3, 0.4) is 0 Å². The predicted molar refractivity (Wildman–Crippen MR) is 71.9 cm³/mol. The highest BCUT2D eigenvalue weighted by Gasteiger charge is 2.20. The summed E-state index contributed by atoms with van der Waals surface area (Å²) < 4.78 is 0. The number of urea groups is 1. The fourth-order valence-corrected chi connectivity index (χ4v) is 1.73. The van der Waals surface area contributed by atoms with Gasteiger partial charge < -0.3 is 20.8 Å². The van der Waals surface area contributed by atoms with E-state index in [1.54, 1.807) is 19.1 Å². The van der Waals surface area contributed by atoms with Crippen LogP contribution in [0, 0.1) is 6.92 Å². The lowest BCUT2D eigenvalue weighted by Crippen LogP contribution is -2.45. The smallest absolute Gasteiger partial charge is 0.328 e. The first-order valence-corrected chi connectivity index (χ1v) is 5.98. The molecule has 0 aliphatic carbocycles. The Kier molecular flexibility index (Phi) is 5.41. The molecular weight excluding hydrogens is 295 g/mol. The number of aryl methyl sites for hydroxylation is 1. The fourth-order valence-electron chi connectivity index (χ4n) is 1.26. The summed E-state index contributed by atoms with van der Waals surface area (Å²) in [7, 11) is 0. The molecule has 0 bridgehead atoms. The molecule has 0 aliphatic rings. The largest absolute Gasteiger partial charge is 0.480 e. The van der Waals surface area contributed by atoms with Gasteiger partial charge in [0.2, 0.25) is 0 Å². The van der Waals surface area contributed by atoms with E-state index < -0.39 is 24.6 Å². The third-order valence-corrected chi connectivity index (χ3v) is 3.11. The van der Waals surface area contributed by atoms with Crippen LogP contribution in [0.25, 0.3) is 0 Å². The summed E-state index contributed by atoms with van der Waals surface area (Å²) in [4.78, 5) is 22.2. The van der Waals surface area contributed by atoms with Gasteiger partial charge in [-0.3, -0.25) is 0 Å². The van der Waals surface area contributed by atoms with Crippen LogP contribution in [0.4, 0.5) is 10.5 Å². The predicted octanol–water partition coefficient (Wildman–Crippen LogP) is 1.87. The van der Waals surface area contributed by atoms with Crippen LogP contribution in [0.5, 0.6) is 0 Å². The molecule has 1 atom stereocenters. The van der Waals surface area contributed by atoms with E-state index in [-0.39, 0.29) is 15.7 Å². The van der Waals surface area contributed by atoms with Gasteiger partial charge in [0, 0.05) is 0 Å². The van der Waals surface area contributed by atoms with Crippen molar-refractivity contribution in [2.24, 2.45) is 0 Å². The van der Waals surface area contributed by atoms with Crippen LogP contribution in [-0.2, 0) is 4.79 Å². The summed E-state index contributed by atoms with van der Waals surface area (Å²) in [5.74, 6) is -1.35. The molecule has 0 unspecified atom stereocenters. The molecule has 0 aliphatic heterocycles. The molecule has 2 amide bonds. The zero-order valence-electron chi connectivity index (χ0n) is 9.91. The quantitative estimate of drug-likeness (QED) is 0.682. The number of hydrogen-bond donors (Lipinski definition) is 4. The molecule has 1 aromatic rings. The minimum atomic E-state index is -1.40. The maximum atomic E-state index is 11.6. The van der Waals surface area contributed by atoms with E-state index >= 15 is 0 Å². The first-order valence-electron chi connectivity index (χ1n) is 5.22. The number of carbonyl (C=O) groups excluding carboxylic acids is 1. The standard InChI is InChI=1S/C11H12Cl2N2O4/c1-5-2-3-6(12)9(8(5)13)15-11(19)14-7(4-16)10(17)18/h2-3,7,16H,4H2,1H3,(H,17,18)(H2,14,15,19)/t7-/m1/s1. The highest BCUT2D eigenvalue weighted by atomic mass is 35.5. The van der Waals surface area contributed by atoms with Gasteiger partial charge in [-0.2, -0.15) is 0 Å². The Morgan fingerprint density at radius 3 is 2.53 bits per heavy atom. The van der Waals surface area contributed by atoms with E-state index in [2.05, 4.69) is 10.6 Å². The first kappa shape index (κ1) is 15.6. The highest BCUT2D eigenvalue weighted by molar-refractivity contribution is 6.40. The van der Waals surface area contributed by atoms with Crippen molar-refractivity contribution in [1.29, 1.82) is 0 Å². The van der Waals surface area contributed by atoms with Crippen LogP contribution in [0.15, 0.2) is 12.1 Å². The number of carboxylic acid groups (broad SMARTS) is 1. The zero-order chi connectivity index (χ0) is 14.6. The van der Waals surface area contributed by atoms with Gasteiger partial charge >= 0.3 is 12.0 Å². The van der Waals surface area contributed by atoms with Gasteiger partial charge in [0.25, 0.3) is 0 Å². The van der Waals surface area contributed by atoms with Crippen molar-refractivity contribution >= 4 is 40.9 Å². The van der Waals surface area contributed by atoms with Crippen LogP contribution in [0.2, 0.25) is 10.0 Å². The van der Waals surface area contributed by atoms with Crippen LogP contribution in [0.1, 0.15) is 5.56 Å². The number of carboxylic acids is 1. The number of aliphatic hydroxyl groups excluding tert-OH is 1. The molecule has 0 aromatic heterocycles. The Hall–Kier alpha value is -1.50. The number of nitrogens with one attached hydrogen (secondary N) is 2. The molecule has 0 radical (unpaired) electrons. The second-order valence-corrected chi connectivity index (χ2v) is 4.51. The minimum absolute atomic E-state index is 0.183. The van der Waals surface area contributed by atoms with Gasteiger partial charge in [-0.15, -0.1) is 0 Å². The topological polar surface area (TPSA) is 98.7 Å². The minimum Gasteiger partial charge on any atom is -0.480 e. The molecule has 1 aromatic carbocycles. The van der Waals surface area contributed by atoms with Crippen LogP contribution in [-0.4, -0.2) is 34.9 Å². The molecule has 104 valence electrons.